The van der Waals surface area contributed by atoms with E-state index in [9.17, 15) is 4.57 Å². The van der Waals surface area contributed by atoms with Gasteiger partial charge in [-0.15, -0.1) is 0 Å². The lowest BCUT2D eigenvalue weighted by atomic mass is 10.2. The molecule has 78 valence electrons. The van der Waals surface area contributed by atoms with Crippen LogP contribution in [0.1, 0.15) is 5.56 Å². The Morgan fingerprint density at radius 1 is 1.57 bits per heavy atom. The van der Waals surface area contributed by atoms with E-state index in [1.807, 2.05) is 0 Å². The van der Waals surface area contributed by atoms with E-state index >= 15 is 0 Å². The molecule has 1 aromatic heterocycles. The third-order valence-corrected chi connectivity index (χ3v) is 4.56. The molecule has 0 aromatic carbocycles. The van der Waals surface area contributed by atoms with Crippen molar-refractivity contribution in [3.63, 3.8) is 0 Å². The minimum Gasteiger partial charge on any atom is -0.376 e. The van der Waals surface area contributed by atoms with Crippen molar-refractivity contribution in [3.05, 3.63) is 30.1 Å². The van der Waals surface area contributed by atoms with Gasteiger partial charge in [-0.3, -0.25) is 9.55 Å². The van der Waals surface area contributed by atoms with E-state index in [-0.39, 0.29) is 6.42 Å². The highest BCUT2D eigenvalue weighted by Crippen LogP contribution is 2.49. The SMILES string of the molecule is O=P(O)(O)C(Cc1cccnc1)PO. The number of nitrogens with zero attached hydrogens (tertiary/aromatic N) is 1. The van der Waals surface area contributed by atoms with Gasteiger partial charge in [-0.25, -0.2) is 0 Å². The van der Waals surface area contributed by atoms with Crippen LogP contribution in [-0.4, -0.2) is 25.1 Å². The van der Waals surface area contributed by atoms with Crippen LogP contribution in [-0.2, 0) is 11.0 Å². The predicted molar refractivity (Wildman–Crippen MR) is 54.3 cm³/mol. The highest BCUT2D eigenvalue weighted by Gasteiger charge is 2.28. The molecule has 0 saturated carbocycles. The summed E-state index contributed by atoms with van der Waals surface area (Å²) >= 11 is 0. The molecule has 5 nitrogen and oxygen atoms in total. The van der Waals surface area contributed by atoms with Gasteiger partial charge in [0.1, 0.15) is 5.40 Å². The van der Waals surface area contributed by atoms with E-state index in [0.29, 0.717) is 5.56 Å². The molecule has 0 aliphatic heterocycles. The molecule has 1 heterocycles. The lowest BCUT2D eigenvalue weighted by molar-refractivity contribution is 0.367. The number of hydrogen-bond acceptors (Lipinski definition) is 3. The summed E-state index contributed by atoms with van der Waals surface area (Å²) in [5.41, 5.74) is 0.711. The predicted octanol–water partition coefficient (Wildman–Crippen LogP) is 0.714. The van der Waals surface area contributed by atoms with Crippen LogP contribution < -0.4 is 0 Å². The van der Waals surface area contributed by atoms with E-state index < -0.39 is 21.8 Å². The molecule has 14 heavy (non-hydrogen) atoms. The van der Waals surface area contributed by atoms with Crippen LogP contribution in [0.4, 0.5) is 0 Å². The molecule has 7 heteroatoms. The van der Waals surface area contributed by atoms with Crippen LogP contribution in [0.5, 0.6) is 0 Å². The normalized spacial score (nSPS) is 14.8. The van der Waals surface area contributed by atoms with Crippen molar-refractivity contribution in [1.29, 1.82) is 0 Å². The van der Waals surface area contributed by atoms with Crippen LogP contribution in [0.25, 0.3) is 0 Å². The monoisotopic (exact) mass is 235 g/mol. The van der Waals surface area contributed by atoms with E-state index in [2.05, 4.69) is 4.98 Å². The largest absolute Gasteiger partial charge is 0.376 e. The van der Waals surface area contributed by atoms with Gasteiger partial charge in [0.2, 0.25) is 0 Å². The molecule has 0 saturated heterocycles. The van der Waals surface area contributed by atoms with Crippen molar-refractivity contribution in [2.45, 2.75) is 11.8 Å². The van der Waals surface area contributed by atoms with Crippen molar-refractivity contribution in [3.8, 4) is 0 Å². The van der Waals surface area contributed by atoms with Crippen molar-refractivity contribution in [2.75, 3.05) is 0 Å². The zero-order valence-electron chi connectivity index (χ0n) is 7.24. The molecule has 1 rings (SSSR count). The number of aromatic nitrogens is 1. The molecule has 0 amide bonds. The summed E-state index contributed by atoms with van der Waals surface area (Å²) < 4.78 is 10.9. The molecule has 0 spiro atoms. The van der Waals surface area contributed by atoms with Gasteiger partial charge >= 0.3 is 7.60 Å². The third-order valence-electron chi connectivity index (χ3n) is 1.71. The maximum Gasteiger partial charge on any atom is 0.335 e. The third kappa shape index (κ3) is 3.45. The molecule has 2 unspecified atom stereocenters. The van der Waals surface area contributed by atoms with Crippen molar-refractivity contribution in [1.82, 2.24) is 4.98 Å². The Labute approximate surface area is 83.2 Å². The first kappa shape index (κ1) is 11.8. The Morgan fingerprint density at radius 2 is 2.29 bits per heavy atom. The topological polar surface area (TPSA) is 90.7 Å². The Hall–Kier alpha value is -0.310. The fourth-order valence-electron chi connectivity index (χ4n) is 0.982. The second-order valence-electron chi connectivity index (χ2n) is 2.80. The Kier molecular flexibility index (Phi) is 4.17. The molecule has 0 aliphatic rings. The zero-order valence-corrected chi connectivity index (χ0v) is 9.13. The first-order chi connectivity index (χ1) is 6.54. The van der Waals surface area contributed by atoms with Crippen molar-refractivity contribution in [2.24, 2.45) is 0 Å². The van der Waals surface area contributed by atoms with Crippen LogP contribution in [0.15, 0.2) is 24.5 Å². The molecule has 3 N–H and O–H groups in total. The van der Waals surface area contributed by atoms with Crippen LogP contribution in [0.3, 0.4) is 0 Å². The summed E-state index contributed by atoms with van der Waals surface area (Å²) in [5.74, 6) is 0. The molecule has 0 fully saturated rings. The van der Waals surface area contributed by atoms with Gasteiger partial charge < -0.3 is 14.7 Å². The highest BCUT2D eigenvalue weighted by atomic mass is 31.2. The van der Waals surface area contributed by atoms with Gasteiger partial charge in [-0.2, -0.15) is 0 Å². The van der Waals surface area contributed by atoms with E-state index in [0.717, 1.165) is 0 Å². The summed E-state index contributed by atoms with van der Waals surface area (Å²) in [6, 6.07) is 3.41. The van der Waals surface area contributed by atoms with E-state index in [1.165, 1.54) is 6.20 Å². The smallest absolute Gasteiger partial charge is 0.335 e. The lowest BCUT2D eigenvalue weighted by Gasteiger charge is -2.14. The average Bonchev–Trinajstić information content (AvgIpc) is 2.14. The van der Waals surface area contributed by atoms with Crippen molar-refractivity contribution < 1.29 is 19.2 Å². The Morgan fingerprint density at radius 3 is 2.71 bits per heavy atom. The average molecular weight is 235 g/mol. The summed E-state index contributed by atoms with van der Waals surface area (Å²) in [4.78, 5) is 30.4. The second-order valence-corrected chi connectivity index (χ2v) is 6.04. The standard InChI is InChI=1S/C7H11NO4P2/c9-13-7(14(10,11)12)4-6-2-1-3-8-5-6/h1-3,5,7,9,13H,4H2,(H2,10,11,12). The summed E-state index contributed by atoms with van der Waals surface area (Å²) in [5, 5.41) is -1.01. The molecule has 0 bridgehead atoms. The molecule has 0 aliphatic carbocycles. The summed E-state index contributed by atoms with van der Waals surface area (Å²) in [7, 11) is -4.97. The zero-order chi connectivity index (χ0) is 10.6. The minimum atomic E-state index is -4.21. The van der Waals surface area contributed by atoms with E-state index in [4.69, 9.17) is 14.7 Å². The second kappa shape index (κ2) is 4.96. The van der Waals surface area contributed by atoms with Gasteiger partial charge in [0.25, 0.3) is 0 Å². The molecule has 1 aromatic rings. The maximum atomic E-state index is 10.9. The van der Waals surface area contributed by atoms with Crippen LogP contribution >= 0.6 is 16.4 Å². The first-order valence-corrected chi connectivity index (χ1v) is 6.58. The van der Waals surface area contributed by atoms with Gasteiger partial charge in [0.15, 0.2) is 0 Å². The molecular weight excluding hydrogens is 224 g/mol. The fourth-order valence-corrected chi connectivity index (χ4v) is 2.36. The number of pyridine rings is 1. The lowest BCUT2D eigenvalue weighted by Crippen LogP contribution is -2.05. The number of rotatable bonds is 4. The summed E-state index contributed by atoms with van der Waals surface area (Å²) in [6.07, 6.45) is 3.26. The maximum absolute atomic E-state index is 10.9. The first-order valence-electron chi connectivity index (χ1n) is 3.88. The quantitative estimate of drug-likeness (QED) is 0.668. The van der Waals surface area contributed by atoms with Gasteiger partial charge in [-0.1, -0.05) is 6.07 Å². The number of hydrogen-bond donors (Lipinski definition) is 3. The molecule has 0 radical (unpaired) electrons. The van der Waals surface area contributed by atoms with Gasteiger partial charge in [-0.05, 0) is 18.1 Å². The Balaban J connectivity index is 2.72. The van der Waals surface area contributed by atoms with Gasteiger partial charge in [0, 0.05) is 21.2 Å². The van der Waals surface area contributed by atoms with Crippen molar-refractivity contribution >= 4 is 16.4 Å². The highest BCUT2D eigenvalue weighted by molar-refractivity contribution is 7.63. The Bertz CT molecular complexity index is 326. The molecule has 2 atom stereocenters. The fraction of sp³-hybridized carbons (Fsp3) is 0.286. The van der Waals surface area contributed by atoms with Crippen LogP contribution in [0.2, 0.25) is 0 Å². The van der Waals surface area contributed by atoms with Crippen LogP contribution in [0, 0.1) is 0 Å². The van der Waals surface area contributed by atoms with Gasteiger partial charge in [0.05, 0.1) is 0 Å². The summed E-state index contributed by atoms with van der Waals surface area (Å²) in [6.45, 7) is 0. The van der Waals surface area contributed by atoms with E-state index in [1.54, 1.807) is 18.3 Å². The molecular formula is C7H11NO4P2. The minimum absolute atomic E-state index is 0.146.